The van der Waals surface area contributed by atoms with Crippen molar-refractivity contribution in [3.05, 3.63) is 90.5 Å². The zero-order valence-corrected chi connectivity index (χ0v) is 16.3. The maximum atomic E-state index is 12.4. The van der Waals surface area contributed by atoms with Crippen molar-refractivity contribution < 1.29 is 9.53 Å². The zero-order chi connectivity index (χ0) is 20.1. The number of anilines is 1. The monoisotopic (exact) mass is 382 g/mol. The number of para-hydroxylation sites is 1. The second-order valence-electron chi connectivity index (χ2n) is 6.78. The first-order valence-electron chi connectivity index (χ1n) is 9.70. The van der Waals surface area contributed by atoms with E-state index < -0.39 is 0 Å². The molecule has 0 unspecified atom stereocenters. The molecule has 0 radical (unpaired) electrons. The second-order valence-corrected chi connectivity index (χ2v) is 6.78. The van der Waals surface area contributed by atoms with Gasteiger partial charge in [-0.25, -0.2) is 4.98 Å². The van der Waals surface area contributed by atoms with Crippen molar-refractivity contribution >= 4 is 22.5 Å². The maximum absolute atomic E-state index is 12.4. The van der Waals surface area contributed by atoms with Gasteiger partial charge in [0.1, 0.15) is 5.75 Å². The summed E-state index contributed by atoms with van der Waals surface area (Å²) in [6.07, 6.45) is 0.922. The lowest BCUT2D eigenvalue weighted by Crippen LogP contribution is -2.20. The molecule has 1 N–H and O–H groups in total. The predicted molar refractivity (Wildman–Crippen MR) is 117 cm³/mol. The van der Waals surface area contributed by atoms with E-state index in [0.29, 0.717) is 5.75 Å². The lowest BCUT2D eigenvalue weighted by molar-refractivity contribution is -0.118. The molecule has 3 aromatic carbocycles. The molecule has 0 bridgehead atoms. The third-order valence-corrected chi connectivity index (χ3v) is 4.73. The van der Waals surface area contributed by atoms with Crippen molar-refractivity contribution in [2.24, 2.45) is 0 Å². The second kappa shape index (κ2) is 8.57. The van der Waals surface area contributed by atoms with E-state index in [2.05, 4.69) is 12.2 Å². The van der Waals surface area contributed by atoms with E-state index in [9.17, 15) is 4.79 Å². The van der Waals surface area contributed by atoms with Crippen LogP contribution in [0.2, 0.25) is 0 Å². The van der Waals surface area contributed by atoms with Crippen LogP contribution in [-0.4, -0.2) is 17.5 Å². The van der Waals surface area contributed by atoms with Gasteiger partial charge in [0.05, 0.1) is 11.2 Å². The van der Waals surface area contributed by atoms with Crippen molar-refractivity contribution in [2.45, 2.75) is 13.3 Å². The van der Waals surface area contributed by atoms with E-state index in [1.165, 1.54) is 5.56 Å². The van der Waals surface area contributed by atoms with Gasteiger partial charge in [0.15, 0.2) is 6.61 Å². The summed E-state index contributed by atoms with van der Waals surface area (Å²) in [5.74, 6) is 0.451. The fourth-order valence-corrected chi connectivity index (χ4v) is 3.23. The number of nitrogens with zero attached hydrogens (tertiary/aromatic N) is 1. The third kappa shape index (κ3) is 4.43. The van der Waals surface area contributed by atoms with Crippen molar-refractivity contribution in [1.82, 2.24) is 4.98 Å². The number of carbonyl (C=O) groups is 1. The summed E-state index contributed by atoms with van der Waals surface area (Å²) >= 11 is 0. The molecule has 0 saturated heterocycles. The van der Waals surface area contributed by atoms with E-state index in [1.807, 2.05) is 84.9 Å². The minimum Gasteiger partial charge on any atom is -0.483 e. The summed E-state index contributed by atoms with van der Waals surface area (Å²) in [5.41, 5.74) is 4.61. The Kier molecular flexibility index (Phi) is 5.52. The van der Waals surface area contributed by atoms with Gasteiger partial charge in [0.25, 0.3) is 5.91 Å². The number of pyridine rings is 1. The number of amides is 1. The Hall–Kier alpha value is -3.66. The number of rotatable bonds is 6. The quantitative estimate of drug-likeness (QED) is 0.480. The number of benzene rings is 3. The van der Waals surface area contributed by atoms with Crippen molar-refractivity contribution in [1.29, 1.82) is 0 Å². The molecule has 4 aromatic rings. The van der Waals surface area contributed by atoms with Crippen LogP contribution in [0.25, 0.3) is 22.2 Å². The SMILES string of the molecule is CCc1cccc(NC(=O)COc2cc(-c3ccccc3)nc3ccccc23)c1. The Morgan fingerprint density at radius 2 is 1.72 bits per heavy atom. The van der Waals surface area contributed by atoms with Gasteiger partial charge < -0.3 is 10.1 Å². The van der Waals surface area contributed by atoms with Gasteiger partial charge in [-0.2, -0.15) is 0 Å². The molecule has 1 heterocycles. The van der Waals surface area contributed by atoms with E-state index in [-0.39, 0.29) is 12.5 Å². The van der Waals surface area contributed by atoms with E-state index in [4.69, 9.17) is 9.72 Å². The van der Waals surface area contributed by atoms with Gasteiger partial charge in [-0.1, -0.05) is 61.5 Å². The molecule has 4 heteroatoms. The third-order valence-electron chi connectivity index (χ3n) is 4.73. The molecular formula is C25H22N2O2. The summed E-state index contributed by atoms with van der Waals surface area (Å²) in [6.45, 7) is 2.02. The van der Waals surface area contributed by atoms with Crippen molar-refractivity contribution in [3.63, 3.8) is 0 Å². The van der Waals surface area contributed by atoms with Gasteiger partial charge in [0, 0.05) is 22.7 Å². The molecule has 0 aliphatic heterocycles. The van der Waals surface area contributed by atoms with E-state index in [1.54, 1.807) is 0 Å². The van der Waals surface area contributed by atoms with Crippen LogP contribution in [0, 0.1) is 0 Å². The Morgan fingerprint density at radius 1 is 0.931 bits per heavy atom. The number of fused-ring (bicyclic) bond motifs is 1. The first-order chi connectivity index (χ1) is 14.2. The van der Waals surface area contributed by atoms with Crippen LogP contribution < -0.4 is 10.1 Å². The highest BCUT2D eigenvalue weighted by atomic mass is 16.5. The smallest absolute Gasteiger partial charge is 0.262 e. The lowest BCUT2D eigenvalue weighted by atomic mass is 10.1. The first kappa shape index (κ1) is 18.7. The largest absolute Gasteiger partial charge is 0.483 e. The minimum absolute atomic E-state index is 0.0708. The molecule has 0 fully saturated rings. The number of nitrogens with one attached hydrogen (secondary N) is 1. The molecule has 29 heavy (non-hydrogen) atoms. The van der Waals surface area contributed by atoms with E-state index in [0.717, 1.165) is 34.3 Å². The van der Waals surface area contributed by atoms with Crippen LogP contribution in [-0.2, 0) is 11.2 Å². The van der Waals surface area contributed by atoms with Gasteiger partial charge in [0.2, 0.25) is 0 Å². The maximum Gasteiger partial charge on any atom is 0.262 e. The molecule has 4 rings (SSSR count). The number of ether oxygens (including phenoxy) is 1. The van der Waals surface area contributed by atoms with Crippen molar-refractivity contribution in [2.75, 3.05) is 11.9 Å². The highest BCUT2D eigenvalue weighted by Gasteiger charge is 2.11. The first-order valence-corrected chi connectivity index (χ1v) is 9.70. The Bertz CT molecular complexity index is 1140. The number of carbonyl (C=O) groups excluding carboxylic acids is 1. The lowest BCUT2D eigenvalue weighted by Gasteiger charge is -2.12. The Morgan fingerprint density at radius 3 is 2.55 bits per heavy atom. The zero-order valence-electron chi connectivity index (χ0n) is 16.3. The molecule has 4 nitrogen and oxygen atoms in total. The van der Waals surface area contributed by atoms with Crippen molar-refractivity contribution in [3.8, 4) is 17.0 Å². The molecule has 0 aliphatic rings. The average molecular weight is 382 g/mol. The summed E-state index contributed by atoms with van der Waals surface area (Å²) in [7, 11) is 0. The molecule has 0 saturated carbocycles. The van der Waals surface area contributed by atoms with Crippen LogP contribution in [0.4, 0.5) is 5.69 Å². The summed E-state index contributed by atoms with van der Waals surface area (Å²) < 4.78 is 5.92. The molecule has 1 aromatic heterocycles. The standard InChI is InChI=1S/C25H22N2O2/c1-2-18-9-8-12-20(15-18)26-25(28)17-29-24-16-23(19-10-4-3-5-11-19)27-22-14-7-6-13-21(22)24/h3-16H,2,17H2,1H3,(H,26,28). The summed E-state index contributed by atoms with van der Waals surface area (Å²) in [6, 6.07) is 27.5. The van der Waals surface area contributed by atoms with Crippen LogP contribution >= 0.6 is 0 Å². The number of hydrogen-bond acceptors (Lipinski definition) is 3. The van der Waals surface area contributed by atoms with E-state index >= 15 is 0 Å². The highest BCUT2D eigenvalue weighted by Crippen LogP contribution is 2.30. The summed E-state index contributed by atoms with van der Waals surface area (Å²) in [4.78, 5) is 17.2. The number of aryl methyl sites for hydroxylation is 1. The molecule has 1 amide bonds. The average Bonchev–Trinajstić information content (AvgIpc) is 2.78. The molecule has 0 aliphatic carbocycles. The van der Waals surface area contributed by atoms with Gasteiger partial charge >= 0.3 is 0 Å². The fraction of sp³-hybridized carbons (Fsp3) is 0.120. The summed E-state index contributed by atoms with van der Waals surface area (Å²) in [5, 5.41) is 3.78. The van der Waals surface area contributed by atoms with Gasteiger partial charge in [-0.15, -0.1) is 0 Å². The van der Waals surface area contributed by atoms with Gasteiger partial charge in [-0.3, -0.25) is 4.79 Å². The highest BCUT2D eigenvalue weighted by molar-refractivity contribution is 5.93. The van der Waals surface area contributed by atoms with Gasteiger partial charge in [-0.05, 0) is 36.2 Å². The number of aromatic nitrogens is 1. The van der Waals surface area contributed by atoms with Crippen LogP contribution in [0.5, 0.6) is 5.75 Å². The normalized spacial score (nSPS) is 10.7. The predicted octanol–water partition coefficient (Wildman–Crippen LogP) is 5.48. The van der Waals surface area contributed by atoms with Crippen LogP contribution in [0.3, 0.4) is 0 Å². The fourth-order valence-electron chi connectivity index (χ4n) is 3.23. The molecule has 0 spiro atoms. The topological polar surface area (TPSA) is 51.2 Å². The molecule has 0 atom stereocenters. The molecular weight excluding hydrogens is 360 g/mol. The Labute approximate surface area is 170 Å². The van der Waals surface area contributed by atoms with Crippen LogP contribution in [0.1, 0.15) is 12.5 Å². The Balaban J connectivity index is 1.56. The number of hydrogen-bond donors (Lipinski definition) is 1. The minimum atomic E-state index is -0.194. The van der Waals surface area contributed by atoms with Crippen LogP contribution in [0.15, 0.2) is 84.9 Å². The molecule has 144 valence electrons.